The number of hydrogen-bond acceptors (Lipinski definition) is 5. The van der Waals surface area contributed by atoms with E-state index in [1.165, 1.54) is 12.5 Å². The van der Waals surface area contributed by atoms with E-state index >= 15 is 0 Å². The highest BCUT2D eigenvalue weighted by atomic mass is 16.3. The number of aromatic nitrogens is 1. The molecule has 0 fully saturated rings. The number of aryl methyl sites for hydroxylation is 3. The fraction of sp³-hybridized carbons (Fsp3) is 0.143. The first-order chi connectivity index (χ1) is 12.9. The normalized spacial score (nSPS) is 11.2. The molecule has 27 heavy (non-hydrogen) atoms. The van der Waals surface area contributed by atoms with Crippen LogP contribution in [-0.4, -0.2) is 21.4 Å². The molecule has 1 aromatic carbocycles. The van der Waals surface area contributed by atoms with Gasteiger partial charge in [0.05, 0.1) is 34.7 Å². The first-order valence-electron chi connectivity index (χ1n) is 8.41. The second-order valence-electron chi connectivity index (χ2n) is 6.47. The van der Waals surface area contributed by atoms with Gasteiger partial charge in [-0.3, -0.25) is 9.59 Å². The zero-order chi connectivity index (χ0) is 19.3. The summed E-state index contributed by atoms with van der Waals surface area (Å²) in [4.78, 5) is 26.2. The Hall–Kier alpha value is -3.54. The third kappa shape index (κ3) is 2.49. The molecule has 0 aliphatic carbocycles. The minimum absolute atomic E-state index is 0.0731. The van der Waals surface area contributed by atoms with Crippen LogP contribution in [-0.2, 0) is 0 Å². The van der Waals surface area contributed by atoms with E-state index in [9.17, 15) is 14.7 Å². The lowest BCUT2D eigenvalue weighted by molar-refractivity contribution is 0.0954. The van der Waals surface area contributed by atoms with Crippen LogP contribution in [0, 0.1) is 20.8 Å². The van der Waals surface area contributed by atoms with Crippen molar-refractivity contribution in [1.29, 1.82) is 0 Å². The van der Waals surface area contributed by atoms with Crippen molar-refractivity contribution >= 4 is 22.6 Å². The molecule has 0 aliphatic rings. The van der Waals surface area contributed by atoms with E-state index in [0.717, 1.165) is 10.1 Å². The van der Waals surface area contributed by atoms with Gasteiger partial charge in [-0.1, -0.05) is 12.1 Å². The zero-order valence-corrected chi connectivity index (χ0v) is 15.1. The summed E-state index contributed by atoms with van der Waals surface area (Å²) in [6.45, 7) is 5.22. The number of aromatic hydroxyl groups is 1. The summed E-state index contributed by atoms with van der Waals surface area (Å²) in [5.41, 5.74) is 2.10. The van der Waals surface area contributed by atoms with E-state index in [1.54, 1.807) is 38.1 Å². The molecule has 0 aliphatic heterocycles. The smallest absolute Gasteiger partial charge is 0.268 e. The van der Waals surface area contributed by atoms with E-state index in [4.69, 9.17) is 8.83 Å². The van der Waals surface area contributed by atoms with Crippen LogP contribution in [0.2, 0.25) is 0 Å². The van der Waals surface area contributed by atoms with E-state index in [-0.39, 0.29) is 5.56 Å². The highest BCUT2D eigenvalue weighted by Crippen LogP contribution is 2.35. The van der Waals surface area contributed by atoms with Gasteiger partial charge in [-0.05, 0) is 44.5 Å². The predicted octanol–water partition coefficient (Wildman–Crippen LogP) is 4.38. The van der Waals surface area contributed by atoms with Gasteiger partial charge >= 0.3 is 0 Å². The molecule has 4 rings (SSSR count). The molecule has 4 aromatic rings. The number of carbonyl (C=O) groups excluding carboxylic acids is 2. The van der Waals surface area contributed by atoms with Crippen LogP contribution in [0.15, 0.2) is 51.7 Å². The minimum Gasteiger partial charge on any atom is -0.494 e. The van der Waals surface area contributed by atoms with Gasteiger partial charge in [0.1, 0.15) is 11.5 Å². The van der Waals surface area contributed by atoms with Crippen molar-refractivity contribution in [2.24, 2.45) is 0 Å². The van der Waals surface area contributed by atoms with Crippen LogP contribution < -0.4 is 0 Å². The van der Waals surface area contributed by atoms with Gasteiger partial charge in [-0.25, -0.2) is 4.57 Å². The quantitative estimate of drug-likeness (QED) is 0.546. The fourth-order valence-corrected chi connectivity index (χ4v) is 3.30. The van der Waals surface area contributed by atoms with Gasteiger partial charge < -0.3 is 13.9 Å². The Morgan fingerprint density at radius 1 is 0.926 bits per heavy atom. The SMILES string of the molecule is Cc1ccc2c(C(=O)c3ccoc3C)c(O)n(C(=O)c3ccoc3C)c2c1. The van der Waals surface area contributed by atoms with Crippen molar-refractivity contribution < 1.29 is 23.5 Å². The monoisotopic (exact) mass is 363 g/mol. The average Bonchev–Trinajstić information content (AvgIpc) is 3.31. The molecule has 0 unspecified atom stereocenters. The molecule has 0 bridgehead atoms. The third-order valence-electron chi connectivity index (χ3n) is 4.72. The number of furan rings is 2. The molecule has 0 spiro atoms. The van der Waals surface area contributed by atoms with Crippen molar-refractivity contribution in [2.75, 3.05) is 0 Å². The maximum Gasteiger partial charge on any atom is 0.268 e. The molecule has 3 heterocycles. The Morgan fingerprint density at radius 3 is 2.15 bits per heavy atom. The Kier molecular flexibility index (Phi) is 3.77. The van der Waals surface area contributed by atoms with E-state index in [0.29, 0.717) is 33.6 Å². The highest BCUT2D eigenvalue weighted by molar-refractivity contribution is 6.21. The second-order valence-corrected chi connectivity index (χ2v) is 6.47. The van der Waals surface area contributed by atoms with Crippen LogP contribution in [0.25, 0.3) is 10.9 Å². The van der Waals surface area contributed by atoms with Gasteiger partial charge in [-0.2, -0.15) is 0 Å². The van der Waals surface area contributed by atoms with Gasteiger partial charge in [0.15, 0.2) is 0 Å². The van der Waals surface area contributed by atoms with Crippen LogP contribution in [0.3, 0.4) is 0 Å². The summed E-state index contributed by atoms with van der Waals surface area (Å²) >= 11 is 0. The zero-order valence-electron chi connectivity index (χ0n) is 15.1. The van der Waals surface area contributed by atoms with Gasteiger partial charge in [-0.15, -0.1) is 0 Å². The molecule has 0 saturated carbocycles. The average molecular weight is 363 g/mol. The van der Waals surface area contributed by atoms with Crippen molar-refractivity contribution in [3.63, 3.8) is 0 Å². The lowest BCUT2D eigenvalue weighted by Gasteiger charge is -2.05. The van der Waals surface area contributed by atoms with Crippen molar-refractivity contribution in [1.82, 2.24) is 4.57 Å². The van der Waals surface area contributed by atoms with Crippen LogP contribution >= 0.6 is 0 Å². The van der Waals surface area contributed by atoms with Crippen LogP contribution in [0.4, 0.5) is 0 Å². The topological polar surface area (TPSA) is 85.6 Å². The Bertz CT molecular complexity index is 1200. The summed E-state index contributed by atoms with van der Waals surface area (Å²) in [6, 6.07) is 8.43. The summed E-state index contributed by atoms with van der Waals surface area (Å²) in [7, 11) is 0. The highest BCUT2D eigenvalue weighted by Gasteiger charge is 2.29. The Labute approximate surface area is 154 Å². The molecule has 3 aromatic heterocycles. The molecular weight excluding hydrogens is 346 g/mol. The second kappa shape index (κ2) is 6.02. The number of benzene rings is 1. The van der Waals surface area contributed by atoms with E-state index in [1.807, 2.05) is 13.0 Å². The fourth-order valence-electron chi connectivity index (χ4n) is 3.30. The first-order valence-corrected chi connectivity index (χ1v) is 8.41. The first kappa shape index (κ1) is 16.9. The minimum atomic E-state index is -0.461. The summed E-state index contributed by atoms with van der Waals surface area (Å²) in [5.74, 6) is -0.371. The third-order valence-corrected chi connectivity index (χ3v) is 4.72. The van der Waals surface area contributed by atoms with E-state index < -0.39 is 17.6 Å². The Morgan fingerprint density at radius 2 is 1.56 bits per heavy atom. The number of fused-ring (bicyclic) bond motifs is 1. The van der Waals surface area contributed by atoms with Gasteiger partial charge in [0.2, 0.25) is 11.7 Å². The largest absolute Gasteiger partial charge is 0.494 e. The molecule has 6 nitrogen and oxygen atoms in total. The molecule has 6 heteroatoms. The number of rotatable bonds is 3. The van der Waals surface area contributed by atoms with Gasteiger partial charge in [0, 0.05) is 5.39 Å². The summed E-state index contributed by atoms with van der Waals surface area (Å²) in [6.07, 6.45) is 2.83. The molecule has 0 amide bonds. The van der Waals surface area contributed by atoms with Crippen molar-refractivity contribution in [2.45, 2.75) is 20.8 Å². The van der Waals surface area contributed by atoms with E-state index in [2.05, 4.69) is 0 Å². The van der Waals surface area contributed by atoms with Crippen molar-refractivity contribution in [3.8, 4) is 5.88 Å². The predicted molar refractivity (Wildman–Crippen MR) is 98.4 cm³/mol. The lowest BCUT2D eigenvalue weighted by atomic mass is 10.0. The number of ketones is 1. The van der Waals surface area contributed by atoms with Crippen LogP contribution in [0.1, 0.15) is 43.4 Å². The van der Waals surface area contributed by atoms with Gasteiger partial charge in [0.25, 0.3) is 5.91 Å². The molecule has 0 radical (unpaired) electrons. The number of carbonyl (C=O) groups is 2. The molecule has 0 saturated heterocycles. The maximum atomic E-state index is 13.1. The van der Waals surface area contributed by atoms with Crippen LogP contribution in [0.5, 0.6) is 5.88 Å². The number of hydrogen-bond donors (Lipinski definition) is 1. The maximum absolute atomic E-state index is 13.1. The lowest BCUT2D eigenvalue weighted by Crippen LogP contribution is -2.12. The Balaban J connectivity index is 2.01. The summed E-state index contributed by atoms with van der Waals surface area (Å²) in [5, 5.41) is 11.4. The molecular formula is C21H17NO5. The standard InChI is InChI=1S/C21H17NO5/c1-11-4-5-16-17(10-11)22(20(24)15-7-9-27-13(15)3)21(25)18(16)19(23)14-6-8-26-12(14)2/h4-10,25H,1-3H3. The summed E-state index contributed by atoms with van der Waals surface area (Å²) < 4.78 is 11.6. The molecule has 0 atom stereocenters. The molecule has 1 N–H and O–H groups in total. The van der Waals surface area contributed by atoms with Crippen molar-refractivity contribution in [3.05, 3.63) is 76.6 Å². The molecule has 136 valence electrons. The number of nitrogens with zero attached hydrogens (tertiary/aromatic N) is 1.